The number of para-hydroxylation sites is 2. The lowest BCUT2D eigenvalue weighted by molar-refractivity contribution is 0.794. The van der Waals surface area contributed by atoms with Gasteiger partial charge in [-0.25, -0.2) is 0 Å². The van der Waals surface area contributed by atoms with E-state index in [9.17, 15) is 0 Å². The fourth-order valence-electron chi connectivity index (χ4n) is 10.7. The van der Waals surface area contributed by atoms with E-state index in [1.165, 1.54) is 99.5 Å². The van der Waals surface area contributed by atoms with Crippen molar-refractivity contribution in [3.05, 3.63) is 241 Å². The van der Waals surface area contributed by atoms with Crippen LogP contribution < -0.4 is 0 Å². The van der Waals surface area contributed by atoms with Crippen LogP contribution in [-0.2, 0) is 5.41 Å². The van der Waals surface area contributed by atoms with Gasteiger partial charge >= 0.3 is 0 Å². The van der Waals surface area contributed by atoms with E-state index >= 15 is 0 Å². The van der Waals surface area contributed by atoms with Gasteiger partial charge in [0.15, 0.2) is 0 Å². The van der Waals surface area contributed by atoms with Crippen LogP contribution >= 0.6 is 0 Å². The molecule has 0 atom stereocenters. The molecular weight excluding hydrogens is 713 g/mol. The van der Waals surface area contributed by atoms with Crippen LogP contribution in [0.25, 0.3) is 88.6 Å². The van der Waals surface area contributed by atoms with Crippen molar-refractivity contribution < 1.29 is 0 Å². The van der Waals surface area contributed by atoms with Crippen molar-refractivity contribution in [2.45, 2.75) is 5.41 Å². The molecule has 59 heavy (non-hydrogen) atoms. The summed E-state index contributed by atoms with van der Waals surface area (Å²) in [4.78, 5) is 0. The molecule has 0 amide bonds. The Morgan fingerprint density at radius 2 is 0.797 bits per heavy atom. The molecule has 11 aromatic rings. The Morgan fingerprint density at radius 1 is 0.305 bits per heavy atom. The molecule has 0 saturated heterocycles. The van der Waals surface area contributed by atoms with Crippen molar-refractivity contribution in [3.8, 4) is 55.9 Å². The molecule has 0 fully saturated rings. The van der Waals surface area contributed by atoms with Gasteiger partial charge in [0.2, 0.25) is 0 Å². The number of aromatic nitrogens is 2. The normalized spacial score (nSPS) is 13.2. The van der Waals surface area contributed by atoms with Crippen LogP contribution in [0, 0.1) is 0 Å². The zero-order valence-electron chi connectivity index (χ0n) is 32.2. The second-order valence-corrected chi connectivity index (χ2v) is 16.0. The van der Waals surface area contributed by atoms with Crippen LogP contribution in [0.4, 0.5) is 0 Å². The first-order valence-electron chi connectivity index (χ1n) is 20.5. The number of rotatable bonds is 4. The minimum atomic E-state index is -0.348. The van der Waals surface area contributed by atoms with Crippen LogP contribution in [0.3, 0.4) is 0 Å². The topological polar surface area (TPSA) is 9.86 Å². The Balaban J connectivity index is 0.937. The van der Waals surface area contributed by atoms with E-state index < -0.39 is 0 Å². The number of hydrogen-bond donors (Lipinski definition) is 0. The highest BCUT2D eigenvalue weighted by Crippen LogP contribution is 2.63. The Kier molecular flexibility index (Phi) is 6.68. The summed E-state index contributed by atoms with van der Waals surface area (Å²) in [6.07, 6.45) is 2.20. The largest absolute Gasteiger partial charge is 0.316 e. The Morgan fingerprint density at radius 3 is 1.42 bits per heavy atom. The van der Waals surface area contributed by atoms with Gasteiger partial charge in [-0.05, 0) is 121 Å². The lowest BCUT2D eigenvalue weighted by Crippen LogP contribution is -2.25. The summed E-state index contributed by atoms with van der Waals surface area (Å²) >= 11 is 0. The van der Waals surface area contributed by atoms with Crippen molar-refractivity contribution in [1.82, 2.24) is 9.13 Å². The average Bonchev–Trinajstić information content (AvgIpc) is 4.05. The molecule has 2 aliphatic carbocycles. The van der Waals surface area contributed by atoms with Crippen molar-refractivity contribution in [3.63, 3.8) is 0 Å². The molecule has 1 spiro atoms. The van der Waals surface area contributed by atoms with E-state index in [0.29, 0.717) is 0 Å². The second kappa shape index (κ2) is 12.2. The molecular formula is C57H36N2. The maximum Gasteiger partial charge on any atom is 0.0725 e. The molecule has 13 rings (SSSR count). The van der Waals surface area contributed by atoms with Crippen LogP contribution in [0.1, 0.15) is 22.3 Å². The maximum atomic E-state index is 2.47. The fraction of sp³-hybridized carbons (Fsp3) is 0.0175. The summed E-state index contributed by atoms with van der Waals surface area (Å²) in [5.41, 5.74) is 21.3. The first kappa shape index (κ1) is 32.4. The second-order valence-electron chi connectivity index (χ2n) is 16.0. The molecule has 2 nitrogen and oxygen atoms in total. The van der Waals surface area contributed by atoms with Crippen LogP contribution in [0.15, 0.2) is 219 Å². The van der Waals surface area contributed by atoms with Gasteiger partial charge in [0.05, 0.1) is 22.0 Å². The van der Waals surface area contributed by atoms with Crippen molar-refractivity contribution in [2.75, 3.05) is 0 Å². The van der Waals surface area contributed by atoms with E-state index in [0.717, 1.165) is 11.4 Å². The molecule has 0 aliphatic heterocycles. The summed E-state index contributed by atoms with van der Waals surface area (Å²) < 4.78 is 4.73. The van der Waals surface area contributed by atoms with Gasteiger partial charge in [-0.3, -0.25) is 0 Å². The van der Waals surface area contributed by atoms with Crippen molar-refractivity contribution in [1.29, 1.82) is 0 Å². The van der Waals surface area contributed by atoms with Crippen molar-refractivity contribution >= 4 is 32.7 Å². The lowest BCUT2D eigenvalue weighted by atomic mass is 9.70. The highest BCUT2D eigenvalue weighted by atomic mass is 15.0. The average molecular weight is 749 g/mol. The monoisotopic (exact) mass is 748 g/mol. The van der Waals surface area contributed by atoms with Crippen LogP contribution in [0.5, 0.6) is 0 Å². The predicted octanol–water partition coefficient (Wildman–Crippen LogP) is 14.4. The van der Waals surface area contributed by atoms with Gasteiger partial charge in [-0.15, -0.1) is 0 Å². The third-order valence-corrected chi connectivity index (χ3v) is 13.2. The standard InChI is InChI=1S/C57H36N2/c1-3-13-41(14-4-1)58-34-33-48-54(58)32-30-47-49-35-39(28-31-55(49)59(56(47)48)42-15-5-2-6-16-42)37-23-25-38(26-24-37)40-27-29-46-45-19-9-12-22-52(45)57(53(46)36-40)50-20-10-7-17-43(50)44-18-8-11-21-51(44)57/h1-36H. The predicted molar refractivity (Wildman–Crippen MR) is 245 cm³/mol. The van der Waals surface area contributed by atoms with Crippen LogP contribution in [-0.4, -0.2) is 9.13 Å². The Labute approximate surface area is 342 Å². The van der Waals surface area contributed by atoms with E-state index in [2.05, 4.69) is 228 Å². The van der Waals surface area contributed by atoms with E-state index in [1.807, 2.05) is 0 Å². The smallest absolute Gasteiger partial charge is 0.0725 e. The molecule has 9 aromatic carbocycles. The molecule has 2 aliphatic rings. The molecule has 2 heterocycles. The third kappa shape index (κ3) is 4.40. The molecule has 0 N–H and O–H groups in total. The minimum absolute atomic E-state index is 0.348. The van der Waals surface area contributed by atoms with E-state index in [4.69, 9.17) is 0 Å². The number of fused-ring (bicyclic) bond motifs is 15. The summed E-state index contributed by atoms with van der Waals surface area (Å²) in [6, 6.07) is 78.6. The SMILES string of the molecule is c1ccc(-n2ccc3c2ccc2c4cc(-c5ccc(-c6ccc7c(c6)C6(c8ccccc8-c8ccccc86)c6ccccc6-7)cc5)ccc4n(-c4ccccc4)c23)cc1. The highest BCUT2D eigenvalue weighted by Gasteiger charge is 2.51. The highest BCUT2D eigenvalue weighted by molar-refractivity contribution is 6.19. The van der Waals surface area contributed by atoms with E-state index in [-0.39, 0.29) is 5.41 Å². The molecule has 0 bridgehead atoms. The fourth-order valence-corrected chi connectivity index (χ4v) is 10.7. The van der Waals surface area contributed by atoms with Crippen molar-refractivity contribution in [2.24, 2.45) is 0 Å². The molecule has 0 radical (unpaired) electrons. The number of nitrogens with zero attached hydrogens (tertiary/aromatic N) is 2. The molecule has 0 saturated carbocycles. The molecule has 0 unspecified atom stereocenters. The first-order valence-corrected chi connectivity index (χ1v) is 20.5. The molecule has 2 heteroatoms. The summed E-state index contributed by atoms with van der Waals surface area (Å²) in [6.45, 7) is 0. The third-order valence-electron chi connectivity index (χ3n) is 13.2. The zero-order valence-corrected chi connectivity index (χ0v) is 32.2. The first-order chi connectivity index (χ1) is 29.3. The summed E-state index contributed by atoms with van der Waals surface area (Å²) in [5, 5.41) is 3.74. The van der Waals surface area contributed by atoms with Gasteiger partial charge in [0.1, 0.15) is 0 Å². The Hall–Kier alpha value is -7.68. The minimum Gasteiger partial charge on any atom is -0.316 e. The summed E-state index contributed by atoms with van der Waals surface area (Å²) in [5.74, 6) is 0. The van der Waals surface area contributed by atoms with Gasteiger partial charge in [0.25, 0.3) is 0 Å². The quantitative estimate of drug-likeness (QED) is 0.170. The molecule has 274 valence electrons. The number of hydrogen-bond acceptors (Lipinski definition) is 0. The van der Waals surface area contributed by atoms with Gasteiger partial charge in [-0.1, -0.05) is 158 Å². The van der Waals surface area contributed by atoms with E-state index in [1.54, 1.807) is 0 Å². The number of benzene rings is 9. The molecule has 2 aromatic heterocycles. The maximum absolute atomic E-state index is 2.47. The zero-order chi connectivity index (χ0) is 38.7. The summed E-state index contributed by atoms with van der Waals surface area (Å²) in [7, 11) is 0. The lowest BCUT2D eigenvalue weighted by Gasteiger charge is -2.30. The van der Waals surface area contributed by atoms with Gasteiger partial charge < -0.3 is 9.13 Å². The van der Waals surface area contributed by atoms with Gasteiger partial charge in [-0.2, -0.15) is 0 Å². The Bertz CT molecular complexity index is 3410. The van der Waals surface area contributed by atoms with Crippen LogP contribution in [0.2, 0.25) is 0 Å². The van der Waals surface area contributed by atoms with Gasteiger partial charge in [0, 0.05) is 33.7 Å².